The zero-order chi connectivity index (χ0) is 15.1. The van der Waals surface area contributed by atoms with Crippen LogP contribution in [0.25, 0.3) is 6.08 Å². The maximum Gasteiger partial charge on any atom is 0.246 e. The van der Waals surface area contributed by atoms with Gasteiger partial charge < -0.3 is 10.0 Å². The van der Waals surface area contributed by atoms with Gasteiger partial charge in [-0.05, 0) is 23.6 Å². The van der Waals surface area contributed by atoms with Crippen molar-refractivity contribution in [3.05, 3.63) is 41.5 Å². The minimum atomic E-state index is 0.0678. The van der Waals surface area contributed by atoms with Crippen LogP contribution in [0, 0.1) is 0 Å². The second-order valence-corrected chi connectivity index (χ2v) is 5.32. The van der Waals surface area contributed by atoms with Crippen LogP contribution >= 0.6 is 0 Å². The third-order valence-electron chi connectivity index (χ3n) is 3.91. The van der Waals surface area contributed by atoms with E-state index < -0.39 is 0 Å². The second-order valence-electron chi connectivity index (χ2n) is 5.32. The van der Waals surface area contributed by atoms with Gasteiger partial charge >= 0.3 is 0 Å². The Balaban J connectivity index is 1.85. The van der Waals surface area contributed by atoms with Gasteiger partial charge in [-0.25, -0.2) is 0 Å². The number of nitrogens with zero attached hydrogens (tertiary/aromatic N) is 2. The Labute approximate surface area is 126 Å². The molecule has 0 bridgehead atoms. The lowest BCUT2D eigenvalue weighted by Crippen LogP contribution is -2.48. The number of amides is 1. The van der Waals surface area contributed by atoms with E-state index in [0.717, 1.165) is 38.2 Å². The Kier molecular flexibility index (Phi) is 5.96. The molecule has 21 heavy (non-hydrogen) atoms. The van der Waals surface area contributed by atoms with E-state index in [0.29, 0.717) is 6.54 Å². The van der Waals surface area contributed by atoms with Crippen LogP contribution in [0.15, 0.2) is 30.3 Å². The average Bonchev–Trinajstić information content (AvgIpc) is 2.54. The minimum absolute atomic E-state index is 0.0678. The number of hydrogen-bond acceptors (Lipinski definition) is 3. The molecule has 1 aromatic carbocycles. The SMILES string of the molecule is CCc1ccc(/C=C/C(=O)N2CCN(CCO)CC2)cc1. The molecule has 0 aromatic heterocycles. The third kappa shape index (κ3) is 4.69. The molecule has 114 valence electrons. The Hall–Kier alpha value is -1.65. The highest BCUT2D eigenvalue weighted by Crippen LogP contribution is 2.08. The molecular formula is C17H24N2O2. The molecule has 1 fully saturated rings. The summed E-state index contributed by atoms with van der Waals surface area (Å²) in [7, 11) is 0. The Morgan fingerprint density at radius 3 is 2.43 bits per heavy atom. The molecule has 1 aliphatic heterocycles. The van der Waals surface area contributed by atoms with Crippen LogP contribution in [0.5, 0.6) is 0 Å². The van der Waals surface area contributed by atoms with Gasteiger partial charge in [-0.15, -0.1) is 0 Å². The van der Waals surface area contributed by atoms with E-state index in [9.17, 15) is 4.79 Å². The molecule has 4 nitrogen and oxygen atoms in total. The van der Waals surface area contributed by atoms with Gasteiger partial charge in [-0.1, -0.05) is 31.2 Å². The molecule has 2 rings (SSSR count). The number of carbonyl (C=O) groups is 1. The van der Waals surface area contributed by atoms with Gasteiger partial charge in [0.2, 0.25) is 5.91 Å². The van der Waals surface area contributed by atoms with Crippen LogP contribution in [0.4, 0.5) is 0 Å². The molecule has 0 unspecified atom stereocenters. The van der Waals surface area contributed by atoms with E-state index in [1.165, 1.54) is 5.56 Å². The second kappa shape index (κ2) is 7.96. The van der Waals surface area contributed by atoms with Crippen LogP contribution in [0.1, 0.15) is 18.1 Å². The maximum atomic E-state index is 12.1. The summed E-state index contributed by atoms with van der Waals surface area (Å²) in [5.41, 5.74) is 2.36. The van der Waals surface area contributed by atoms with E-state index in [1.807, 2.05) is 23.1 Å². The number of aliphatic hydroxyl groups is 1. The number of aliphatic hydroxyl groups excluding tert-OH is 1. The van der Waals surface area contributed by atoms with Crippen molar-refractivity contribution in [3.8, 4) is 0 Å². The lowest BCUT2D eigenvalue weighted by Gasteiger charge is -2.33. The molecule has 0 aliphatic carbocycles. The fourth-order valence-corrected chi connectivity index (χ4v) is 2.47. The number of benzene rings is 1. The molecular weight excluding hydrogens is 264 g/mol. The van der Waals surface area contributed by atoms with E-state index in [4.69, 9.17) is 5.11 Å². The van der Waals surface area contributed by atoms with Crippen LogP contribution < -0.4 is 0 Å². The first kappa shape index (κ1) is 15.7. The minimum Gasteiger partial charge on any atom is -0.395 e. The first-order chi connectivity index (χ1) is 10.2. The molecule has 1 aliphatic rings. The van der Waals surface area contributed by atoms with E-state index in [2.05, 4.69) is 24.0 Å². The van der Waals surface area contributed by atoms with Crippen LogP contribution in [-0.4, -0.2) is 60.1 Å². The molecule has 4 heteroatoms. The predicted molar refractivity (Wildman–Crippen MR) is 85.0 cm³/mol. The third-order valence-corrected chi connectivity index (χ3v) is 3.91. The number of carbonyl (C=O) groups excluding carboxylic acids is 1. The summed E-state index contributed by atoms with van der Waals surface area (Å²) < 4.78 is 0. The van der Waals surface area contributed by atoms with Crippen molar-refractivity contribution in [2.24, 2.45) is 0 Å². The zero-order valence-corrected chi connectivity index (χ0v) is 12.7. The van der Waals surface area contributed by atoms with Crippen LogP contribution in [0.3, 0.4) is 0 Å². The Morgan fingerprint density at radius 1 is 1.19 bits per heavy atom. The number of rotatable bonds is 5. The summed E-state index contributed by atoms with van der Waals surface area (Å²) in [5, 5.41) is 8.91. The van der Waals surface area contributed by atoms with Crippen molar-refractivity contribution in [2.75, 3.05) is 39.3 Å². The summed E-state index contributed by atoms with van der Waals surface area (Å²) in [6.45, 7) is 6.15. The fraction of sp³-hybridized carbons (Fsp3) is 0.471. The summed E-state index contributed by atoms with van der Waals surface area (Å²) in [4.78, 5) is 16.2. The number of hydrogen-bond donors (Lipinski definition) is 1. The highest BCUT2D eigenvalue weighted by atomic mass is 16.3. The summed E-state index contributed by atoms with van der Waals surface area (Å²) in [5.74, 6) is 0.0678. The van der Waals surface area contributed by atoms with E-state index in [1.54, 1.807) is 6.08 Å². The Bertz CT molecular complexity index is 474. The molecule has 1 heterocycles. The van der Waals surface area contributed by atoms with Gasteiger partial charge in [0, 0.05) is 38.8 Å². The highest BCUT2D eigenvalue weighted by molar-refractivity contribution is 5.91. The lowest BCUT2D eigenvalue weighted by molar-refractivity contribution is -0.127. The monoisotopic (exact) mass is 288 g/mol. The van der Waals surface area contributed by atoms with Crippen LogP contribution in [-0.2, 0) is 11.2 Å². The van der Waals surface area contributed by atoms with Crippen molar-refractivity contribution in [1.29, 1.82) is 0 Å². The van der Waals surface area contributed by atoms with Crippen molar-refractivity contribution < 1.29 is 9.90 Å². The summed E-state index contributed by atoms with van der Waals surface area (Å²) >= 11 is 0. The summed E-state index contributed by atoms with van der Waals surface area (Å²) in [6, 6.07) is 8.28. The lowest BCUT2D eigenvalue weighted by atomic mass is 10.1. The van der Waals surface area contributed by atoms with Crippen molar-refractivity contribution in [1.82, 2.24) is 9.80 Å². The number of piperazine rings is 1. The smallest absolute Gasteiger partial charge is 0.246 e. The summed E-state index contributed by atoms with van der Waals surface area (Å²) in [6.07, 6.45) is 4.56. The molecule has 0 saturated carbocycles. The number of aryl methyl sites for hydroxylation is 1. The molecule has 0 radical (unpaired) electrons. The van der Waals surface area contributed by atoms with Gasteiger partial charge in [0.25, 0.3) is 0 Å². The molecule has 1 N–H and O–H groups in total. The predicted octanol–water partition coefficient (Wildman–Crippen LogP) is 1.40. The molecule has 1 amide bonds. The molecule has 0 spiro atoms. The first-order valence-corrected chi connectivity index (χ1v) is 7.62. The zero-order valence-electron chi connectivity index (χ0n) is 12.7. The molecule has 1 saturated heterocycles. The normalized spacial score (nSPS) is 16.6. The quantitative estimate of drug-likeness (QED) is 0.833. The van der Waals surface area contributed by atoms with Gasteiger partial charge in [-0.3, -0.25) is 9.69 Å². The van der Waals surface area contributed by atoms with Crippen molar-refractivity contribution >= 4 is 12.0 Å². The van der Waals surface area contributed by atoms with Gasteiger partial charge in [0.1, 0.15) is 0 Å². The topological polar surface area (TPSA) is 43.8 Å². The number of β-amino-alcohol motifs (C(OH)–C–C–N with tert-alkyl or cyclic N) is 1. The largest absolute Gasteiger partial charge is 0.395 e. The first-order valence-electron chi connectivity index (χ1n) is 7.62. The van der Waals surface area contributed by atoms with Crippen LogP contribution in [0.2, 0.25) is 0 Å². The molecule has 1 aromatic rings. The molecule has 0 atom stereocenters. The van der Waals surface area contributed by atoms with E-state index in [-0.39, 0.29) is 12.5 Å². The highest BCUT2D eigenvalue weighted by Gasteiger charge is 2.18. The van der Waals surface area contributed by atoms with Crippen molar-refractivity contribution in [2.45, 2.75) is 13.3 Å². The average molecular weight is 288 g/mol. The van der Waals surface area contributed by atoms with Gasteiger partial charge in [0.05, 0.1) is 6.61 Å². The van der Waals surface area contributed by atoms with Crippen molar-refractivity contribution in [3.63, 3.8) is 0 Å². The van der Waals surface area contributed by atoms with Gasteiger partial charge in [0.15, 0.2) is 0 Å². The Morgan fingerprint density at radius 2 is 1.86 bits per heavy atom. The maximum absolute atomic E-state index is 12.1. The van der Waals surface area contributed by atoms with E-state index >= 15 is 0 Å². The standard InChI is InChI=1S/C17H24N2O2/c1-2-15-3-5-16(6-4-15)7-8-17(21)19-11-9-18(10-12-19)13-14-20/h3-8,20H,2,9-14H2,1H3/b8-7+. The van der Waals surface area contributed by atoms with Gasteiger partial charge in [-0.2, -0.15) is 0 Å². The fourth-order valence-electron chi connectivity index (χ4n) is 2.47.